The number of benzene rings is 3. The van der Waals surface area contributed by atoms with E-state index in [0.717, 1.165) is 41.0 Å². The summed E-state index contributed by atoms with van der Waals surface area (Å²) in [6.07, 6.45) is 6.66. The Labute approximate surface area is 235 Å². The van der Waals surface area contributed by atoms with E-state index in [1.807, 2.05) is 31.1 Å². The molecule has 0 saturated heterocycles. The fraction of sp³-hybridized carbons (Fsp3) is 0.441. The first-order valence-corrected chi connectivity index (χ1v) is 14.4. The van der Waals surface area contributed by atoms with E-state index in [9.17, 15) is 4.79 Å². The molecule has 1 aliphatic carbocycles. The van der Waals surface area contributed by atoms with Crippen molar-refractivity contribution in [1.29, 1.82) is 0 Å². The number of carbonyl (C=O) groups is 1. The zero-order valence-corrected chi connectivity index (χ0v) is 24.6. The average molecular weight is 528 g/mol. The molecule has 0 aromatic heterocycles. The predicted octanol–water partition coefficient (Wildman–Crippen LogP) is 6.96. The van der Waals surface area contributed by atoms with Crippen molar-refractivity contribution in [2.75, 3.05) is 37.0 Å². The Hall–Kier alpha value is -3.31. The number of esters is 1. The van der Waals surface area contributed by atoms with Crippen LogP contribution in [0.5, 0.6) is 0 Å². The normalized spacial score (nSPS) is 18.6. The van der Waals surface area contributed by atoms with Crippen LogP contribution in [0.2, 0.25) is 0 Å². The van der Waals surface area contributed by atoms with Crippen molar-refractivity contribution in [3.63, 3.8) is 0 Å². The van der Waals surface area contributed by atoms with Crippen molar-refractivity contribution in [3.8, 4) is 0 Å². The summed E-state index contributed by atoms with van der Waals surface area (Å²) >= 11 is 0. The molecule has 2 N–H and O–H groups in total. The van der Waals surface area contributed by atoms with Crippen LogP contribution in [0.15, 0.2) is 60.7 Å². The van der Waals surface area contributed by atoms with Gasteiger partial charge in [0.1, 0.15) is 0 Å². The molecule has 0 amide bonds. The molecule has 39 heavy (non-hydrogen) atoms. The van der Waals surface area contributed by atoms with Gasteiger partial charge in [-0.05, 0) is 70.4 Å². The summed E-state index contributed by atoms with van der Waals surface area (Å²) in [5.74, 6) is -0.281. The summed E-state index contributed by atoms with van der Waals surface area (Å²) in [6, 6.07) is 21.4. The lowest BCUT2D eigenvalue weighted by molar-refractivity contribution is 0.0250. The maximum atomic E-state index is 13.2. The Bertz CT molecular complexity index is 1270. The van der Waals surface area contributed by atoms with Crippen LogP contribution in [0.25, 0.3) is 0 Å². The highest BCUT2D eigenvalue weighted by molar-refractivity contribution is 5.97. The topological polar surface area (TPSA) is 58.8 Å². The molecule has 0 bridgehead atoms. The van der Waals surface area contributed by atoms with Crippen LogP contribution >= 0.6 is 0 Å². The molecule has 0 spiro atoms. The SMILES string of the molecule is CCN(CC)c1ccc(C2(c3ccc(C)cc3)OC(=O)c3cc(N(C)C)ccc32)c(C)c1.NC1CCCCC1. The van der Waals surface area contributed by atoms with Crippen molar-refractivity contribution < 1.29 is 9.53 Å². The first-order valence-electron chi connectivity index (χ1n) is 14.4. The number of anilines is 2. The summed E-state index contributed by atoms with van der Waals surface area (Å²) in [4.78, 5) is 17.5. The second-order valence-corrected chi connectivity index (χ2v) is 11.1. The van der Waals surface area contributed by atoms with Crippen LogP contribution < -0.4 is 15.5 Å². The molecule has 1 unspecified atom stereocenters. The maximum Gasteiger partial charge on any atom is 0.340 e. The third-order valence-corrected chi connectivity index (χ3v) is 8.19. The standard InChI is InChI=1S/C28H32N2O2.C6H13N/c1-7-30(8-2)23-14-15-25(20(4)17-23)28(21-11-9-19(3)10-12-21)26-16-13-22(29(5)6)18-24(26)27(31)32-28;7-6-4-2-1-3-5-6/h9-18H,7-8H2,1-6H3;6H,1-5,7H2. The predicted molar refractivity (Wildman–Crippen MR) is 163 cm³/mol. The quantitative estimate of drug-likeness (QED) is 0.351. The highest BCUT2D eigenvalue weighted by Crippen LogP contribution is 2.49. The van der Waals surface area contributed by atoms with Crippen molar-refractivity contribution in [2.24, 2.45) is 5.73 Å². The molecule has 2 aliphatic rings. The first kappa shape index (κ1) is 28.7. The van der Waals surface area contributed by atoms with Gasteiger partial charge in [0.05, 0.1) is 5.56 Å². The van der Waals surface area contributed by atoms with Crippen LogP contribution in [0.1, 0.15) is 84.1 Å². The first-order chi connectivity index (χ1) is 18.7. The van der Waals surface area contributed by atoms with Gasteiger partial charge in [-0.3, -0.25) is 0 Å². The van der Waals surface area contributed by atoms with Gasteiger partial charge in [0.2, 0.25) is 0 Å². The summed E-state index contributed by atoms with van der Waals surface area (Å²) in [5.41, 5.74) is 12.6. The smallest absolute Gasteiger partial charge is 0.340 e. The van der Waals surface area contributed by atoms with Crippen LogP contribution in [-0.2, 0) is 10.3 Å². The molecule has 1 aliphatic heterocycles. The summed E-state index contributed by atoms with van der Waals surface area (Å²) in [7, 11) is 3.96. The Morgan fingerprint density at radius 3 is 2.00 bits per heavy atom. The van der Waals surface area contributed by atoms with Gasteiger partial charge in [0.25, 0.3) is 0 Å². The van der Waals surface area contributed by atoms with Gasteiger partial charge in [0, 0.05) is 61.3 Å². The second kappa shape index (κ2) is 12.3. The molecule has 1 heterocycles. The van der Waals surface area contributed by atoms with E-state index in [1.54, 1.807) is 0 Å². The molecule has 1 atom stereocenters. The molecule has 3 aromatic rings. The van der Waals surface area contributed by atoms with E-state index in [-0.39, 0.29) is 5.97 Å². The highest BCUT2D eigenvalue weighted by atomic mass is 16.6. The van der Waals surface area contributed by atoms with Gasteiger partial charge in [-0.25, -0.2) is 4.79 Å². The Morgan fingerprint density at radius 2 is 1.46 bits per heavy atom. The molecule has 1 saturated carbocycles. The summed E-state index contributed by atoms with van der Waals surface area (Å²) in [5, 5.41) is 0. The molecule has 5 nitrogen and oxygen atoms in total. The molecular weight excluding hydrogens is 482 g/mol. The van der Waals surface area contributed by atoms with Gasteiger partial charge in [-0.15, -0.1) is 0 Å². The molecular formula is C34H45N3O2. The lowest BCUT2D eigenvalue weighted by Gasteiger charge is -2.33. The van der Waals surface area contributed by atoms with Gasteiger partial charge < -0.3 is 20.3 Å². The fourth-order valence-electron chi connectivity index (χ4n) is 5.86. The number of aryl methyl sites for hydroxylation is 2. The summed E-state index contributed by atoms with van der Waals surface area (Å²) < 4.78 is 6.33. The maximum absolute atomic E-state index is 13.2. The van der Waals surface area contributed by atoms with E-state index >= 15 is 0 Å². The molecule has 1 fully saturated rings. The zero-order chi connectivity index (χ0) is 28.2. The van der Waals surface area contributed by atoms with Crippen LogP contribution in [0.3, 0.4) is 0 Å². The minimum Gasteiger partial charge on any atom is -0.441 e. The van der Waals surface area contributed by atoms with E-state index in [0.29, 0.717) is 11.6 Å². The molecule has 5 heteroatoms. The number of hydrogen-bond donors (Lipinski definition) is 1. The highest BCUT2D eigenvalue weighted by Gasteiger charge is 2.49. The van der Waals surface area contributed by atoms with E-state index in [2.05, 4.69) is 81.1 Å². The fourth-order valence-corrected chi connectivity index (χ4v) is 5.86. The Morgan fingerprint density at radius 1 is 0.846 bits per heavy atom. The van der Waals surface area contributed by atoms with Crippen LogP contribution in [-0.4, -0.2) is 39.2 Å². The Balaban J connectivity index is 0.000000438. The minimum atomic E-state index is -0.961. The molecule has 208 valence electrons. The van der Waals surface area contributed by atoms with Crippen molar-refractivity contribution in [2.45, 2.75) is 71.4 Å². The van der Waals surface area contributed by atoms with Crippen molar-refractivity contribution in [1.82, 2.24) is 0 Å². The van der Waals surface area contributed by atoms with E-state index in [4.69, 9.17) is 10.5 Å². The molecule has 5 rings (SSSR count). The molecule has 3 aromatic carbocycles. The zero-order valence-electron chi connectivity index (χ0n) is 24.6. The molecule has 0 radical (unpaired) electrons. The number of cyclic esters (lactones) is 1. The lowest BCUT2D eigenvalue weighted by Crippen LogP contribution is -2.31. The third kappa shape index (κ3) is 5.84. The van der Waals surface area contributed by atoms with Crippen LogP contribution in [0, 0.1) is 13.8 Å². The van der Waals surface area contributed by atoms with E-state index in [1.165, 1.54) is 43.4 Å². The van der Waals surface area contributed by atoms with Gasteiger partial charge in [-0.1, -0.05) is 61.2 Å². The largest absolute Gasteiger partial charge is 0.441 e. The average Bonchev–Trinajstić information content (AvgIpc) is 3.23. The number of ether oxygens (including phenoxy) is 1. The lowest BCUT2D eigenvalue weighted by atomic mass is 9.77. The van der Waals surface area contributed by atoms with Crippen molar-refractivity contribution >= 4 is 17.3 Å². The third-order valence-electron chi connectivity index (χ3n) is 8.19. The van der Waals surface area contributed by atoms with Gasteiger partial charge >= 0.3 is 5.97 Å². The van der Waals surface area contributed by atoms with E-state index < -0.39 is 5.60 Å². The number of hydrogen-bond acceptors (Lipinski definition) is 5. The second-order valence-electron chi connectivity index (χ2n) is 11.1. The number of carbonyl (C=O) groups excluding carboxylic acids is 1. The number of nitrogens with two attached hydrogens (primary N) is 1. The monoisotopic (exact) mass is 527 g/mol. The van der Waals surface area contributed by atoms with Gasteiger partial charge in [0.15, 0.2) is 5.60 Å². The number of nitrogens with zero attached hydrogens (tertiary/aromatic N) is 2. The minimum absolute atomic E-state index is 0.281. The Kier molecular flexibility index (Phi) is 9.01. The number of fused-ring (bicyclic) bond motifs is 1. The summed E-state index contributed by atoms with van der Waals surface area (Å²) in [6.45, 7) is 10.4. The number of rotatable bonds is 6. The van der Waals surface area contributed by atoms with Crippen molar-refractivity contribution in [3.05, 3.63) is 94.0 Å². The van der Waals surface area contributed by atoms with Gasteiger partial charge in [-0.2, -0.15) is 0 Å². The van der Waals surface area contributed by atoms with Crippen LogP contribution in [0.4, 0.5) is 11.4 Å².